The third kappa shape index (κ3) is 3.84. The molecule has 1 aliphatic carbocycles. The van der Waals surface area contributed by atoms with Crippen molar-refractivity contribution < 1.29 is 28.6 Å². The molecular formula is C21H26O6. The van der Waals surface area contributed by atoms with E-state index in [1.807, 2.05) is 30.3 Å². The van der Waals surface area contributed by atoms with Crippen LogP contribution in [0, 0.1) is 11.8 Å². The van der Waals surface area contributed by atoms with E-state index in [0.29, 0.717) is 19.3 Å². The number of benzene rings is 1. The molecule has 2 aliphatic rings. The van der Waals surface area contributed by atoms with Gasteiger partial charge in [-0.05, 0) is 37.2 Å². The Balaban J connectivity index is 1.91. The van der Waals surface area contributed by atoms with Gasteiger partial charge in [0.1, 0.15) is 0 Å². The van der Waals surface area contributed by atoms with Crippen molar-refractivity contribution >= 4 is 17.9 Å². The molecule has 1 heterocycles. The van der Waals surface area contributed by atoms with Crippen LogP contribution in [-0.4, -0.2) is 30.8 Å². The Morgan fingerprint density at radius 1 is 1.07 bits per heavy atom. The molecular weight excluding hydrogens is 348 g/mol. The van der Waals surface area contributed by atoms with Crippen LogP contribution in [0.1, 0.15) is 51.5 Å². The molecule has 0 unspecified atom stereocenters. The number of carbonyl (C=O) groups is 3. The van der Waals surface area contributed by atoms with Crippen molar-refractivity contribution in [1.29, 1.82) is 0 Å². The molecule has 0 spiro atoms. The van der Waals surface area contributed by atoms with Crippen LogP contribution in [0.25, 0.3) is 0 Å². The maximum absolute atomic E-state index is 12.8. The molecule has 0 atom stereocenters. The summed E-state index contributed by atoms with van der Waals surface area (Å²) < 4.78 is 15.6. The molecule has 0 N–H and O–H groups in total. The predicted octanol–water partition coefficient (Wildman–Crippen LogP) is 3.13. The summed E-state index contributed by atoms with van der Waals surface area (Å²) in [5.74, 6) is -3.36. The molecule has 27 heavy (non-hydrogen) atoms. The quantitative estimate of drug-likeness (QED) is 0.595. The predicted molar refractivity (Wildman–Crippen MR) is 96.5 cm³/mol. The third-order valence-corrected chi connectivity index (χ3v) is 5.75. The van der Waals surface area contributed by atoms with Gasteiger partial charge in [-0.2, -0.15) is 0 Å². The van der Waals surface area contributed by atoms with E-state index in [2.05, 4.69) is 0 Å². The molecule has 1 aromatic rings. The Morgan fingerprint density at radius 2 is 1.63 bits per heavy atom. The van der Waals surface area contributed by atoms with E-state index >= 15 is 0 Å². The van der Waals surface area contributed by atoms with E-state index in [9.17, 15) is 14.4 Å². The molecule has 3 rings (SSSR count). The van der Waals surface area contributed by atoms with Crippen LogP contribution < -0.4 is 0 Å². The zero-order valence-electron chi connectivity index (χ0n) is 16.0. The molecule has 1 saturated carbocycles. The van der Waals surface area contributed by atoms with Crippen molar-refractivity contribution in [1.82, 2.24) is 0 Å². The van der Waals surface area contributed by atoms with Crippen LogP contribution in [0.15, 0.2) is 30.3 Å². The van der Waals surface area contributed by atoms with E-state index < -0.39 is 29.1 Å². The zero-order valence-corrected chi connectivity index (χ0v) is 16.0. The van der Waals surface area contributed by atoms with Gasteiger partial charge < -0.3 is 14.2 Å². The summed E-state index contributed by atoms with van der Waals surface area (Å²) in [6.45, 7) is 3.11. The van der Waals surface area contributed by atoms with Crippen LogP contribution in [0.2, 0.25) is 0 Å². The molecule has 0 radical (unpaired) electrons. The SMILES string of the molecule is COC(=O)CC1CCC(c2ccccc2)(C2C(=O)OC(C)(C)OC2=O)CC1. The van der Waals surface area contributed by atoms with Crippen molar-refractivity contribution in [2.24, 2.45) is 11.8 Å². The van der Waals surface area contributed by atoms with Gasteiger partial charge in [-0.25, -0.2) is 0 Å². The van der Waals surface area contributed by atoms with E-state index in [1.54, 1.807) is 13.8 Å². The minimum Gasteiger partial charge on any atom is -0.469 e. The summed E-state index contributed by atoms with van der Waals surface area (Å²) in [5.41, 5.74) is 0.249. The number of esters is 3. The van der Waals surface area contributed by atoms with E-state index in [0.717, 1.165) is 18.4 Å². The van der Waals surface area contributed by atoms with Gasteiger partial charge in [0.05, 0.1) is 7.11 Å². The lowest BCUT2D eigenvalue weighted by molar-refractivity contribution is -0.244. The Labute approximate surface area is 159 Å². The first-order chi connectivity index (χ1) is 12.8. The second-order valence-corrected chi connectivity index (χ2v) is 7.92. The largest absolute Gasteiger partial charge is 0.469 e. The molecule has 0 amide bonds. The van der Waals surface area contributed by atoms with Gasteiger partial charge in [0.25, 0.3) is 5.79 Å². The van der Waals surface area contributed by atoms with Crippen LogP contribution in [-0.2, 0) is 34.0 Å². The van der Waals surface area contributed by atoms with Crippen LogP contribution in [0.5, 0.6) is 0 Å². The van der Waals surface area contributed by atoms with Crippen LogP contribution >= 0.6 is 0 Å². The van der Waals surface area contributed by atoms with Gasteiger partial charge in [0.15, 0.2) is 5.92 Å². The number of cyclic esters (lactones) is 2. The monoisotopic (exact) mass is 374 g/mol. The molecule has 1 aromatic carbocycles. The summed E-state index contributed by atoms with van der Waals surface area (Å²) in [6, 6.07) is 9.60. The first-order valence-electron chi connectivity index (χ1n) is 9.35. The number of ether oxygens (including phenoxy) is 3. The maximum atomic E-state index is 12.8. The van der Waals surface area contributed by atoms with Crippen molar-refractivity contribution in [2.75, 3.05) is 7.11 Å². The summed E-state index contributed by atoms with van der Waals surface area (Å²) in [4.78, 5) is 37.2. The average molecular weight is 374 g/mol. The van der Waals surface area contributed by atoms with Crippen LogP contribution in [0.3, 0.4) is 0 Å². The van der Waals surface area contributed by atoms with Gasteiger partial charge >= 0.3 is 17.9 Å². The average Bonchev–Trinajstić information content (AvgIpc) is 2.62. The fourth-order valence-electron chi connectivity index (χ4n) is 4.40. The first kappa shape index (κ1) is 19.4. The van der Waals surface area contributed by atoms with Crippen molar-refractivity contribution in [2.45, 2.75) is 57.2 Å². The molecule has 6 nitrogen and oxygen atoms in total. The minimum atomic E-state index is -1.25. The standard InChI is InChI=1S/C21H26O6/c1-20(2)26-18(23)17(19(24)27-20)21(15-7-5-4-6-8-15)11-9-14(10-12-21)13-16(22)25-3/h4-8,14,17H,9-13H2,1-3H3. The van der Waals surface area contributed by atoms with Gasteiger partial charge in [-0.1, -0.05) is 30.3 Å². The number of hydrogen-bond acceptors (Lipinski definition) is 6. The van der Waals surface area contributed by atoms with E-state index in [1.165, 1.54) is 7.11 Å². The normalized spacial score (nSPS) is 28.2. The summed E-state index contributed by atoms with van der Waals surface area (Å²) in [5, 5.41) is 0. The number of methoxy groups -OCH3 is 1. The zero-order chi connectivity index (χ0) is 19.7. The lowest BCUT2D eigenvalue weighted by Crippen LogP contribution is -2.55. The van der Waals surface area contributed by atoms with Crippen molar-refractivity contribution in [3.05, 3.63) is 35.9 Å². The Bertz CT molecular complexity index is 695. The lowest BCUT2D eigenvalue weighted by Gasteiger charge is -2.46. The highest BCUT2D eigenvalue weighted by atomic mass is 16.7. The second-order valence-electron chi connectivity index (χ2n) is 7.92. The molecule has 0 aromatic heterocycles. The Morgan fingerprint density at radius 3 is 2.15 bits per heavy atom. The van der Waals surface area contributed by atoms with Crippen molar-refractivity contribution in [3.8, 4) is 0 Å². The smallest absolute Gasteiger partial charge is 0.324 e. The molecule has 6 heteroatoms. The van der Waals surface area contributed by atoms with Gasteiger partial charge in [0.2, 0.25) is 0 Å². The molecule has 1 aliphatic heterocycles. The van der Waals surface area contributed by atoms with E-state index in [4.69, 9.17) is 14.2 Å². The Kier molecular flexibility index (Phi) is 5.27. The molecule has 1 saturated heterocycles. The maximum Gasteiger partial charge on any atom is 0.324 e. The first-order valence-corrected chi connectivity index (χ1v) is 9.35. The lowest BCUT2D eigenvalue weighted by atomic mass is 9.59. The second kappa shape index (κ2) is 7.33. The van der Waals surface area contributed by atoms with E-state index in [-0.39, 0.29) is 11.9 Å². The number of hydrogen-bond donors (Lipinski definition) is 0. The highest BCUT2D eigenvalue weighted by Gasteiger charge is 2.56. The van der Waals surface area contributed by atoms with Crippen molar-refractivity contribution in [3.63, 3.8) is 0 Å². The molecule has 146 valence electrons. The molecule has 0 bridgehead atoms. The van der Waals surface area contributed by atoms with Gasteiger partial charge in [-0.15, -0.1) is 0 Å². The van der Waals surface area contributed by atoms with Crippen LogP contribution in [0.4, 0.5) is 0 Å². The van der Waals surface area contributed by atoms with Gasteiger partial charge in [-0.3, -0.25) is 14.4 Å². The molecule has 2 fully saturated rings. The highest BCUT2D eigenvalue weighted by molar-refractivity contribution is 5.98. The number of carbonyl (C=O) groups excluding carboxylic acids is 3. The third-order valence-electron chi connectivity index (χ3n) is 5.75. The Hall–Kier alpha value is -2.37. The fourth-order valence-corrected chi connectivity index (χ4v) is 4.40. The van der Waals surface area contributed by atoms with Gasteiger partial charge in [0, 0.05) is 25.7 Å². The topological polar surface area (TPSA) is 78.9 Å². The summed E-state index contributed by atoms with van der Waals surface area (Å²) in [6.07, 6.45) is 3.02. The number of rotatable bonds is 4. The minimum absolute atomic E-state index is 0.182. The summed E-state index contributed by atoms with van der Waals surface area (Å²) in [7, 11) is 1.38. The highest BCUT2D eigenvalue weighted by Crippen LogP contribution is 2.49. The summed E-state index contributed by atoms with van der Waals surface area (Å²) >= 11 is 0. The fraction of sp³-hybridized carbons (Fsp3) is 0.571.